The number of ether oxygens (including phenoxy) is 2. The molecule has 80 valence electrons. The van der Waals surface area contributed by atoms with E-state index in [1.54, 1.807) is 0 Å². The second-order valence-electron chi connectivity index (χ2n) is 3.83. The van der Waals surface area contributed by atoms with Crippen LogP contribution in [0.25, 0.3) is 0 Å². The molecule has 0 saturated carbocycles. The van der Waals surface area contributed by atoms with Gasteiger partial charge in [0.15, 0.2) is 0 Å². The van der Waals surface area contributed by atoms with E-state index in [-0.39, 0.29) is 6.04 Å². The summed E-state index contributed by atoms with van der Waals surface area (Å²) < 4.78 is 11.3. The summed E-state index contributed by atoms with van der Waals surface area (Å²) in [6.07, 6.45) is 5.89. The third kappa shape index (κ3) is 2.10. The van der Waals surface area contributed by atoms with Crippen LogP contribution in [0.2, 0.25) is 0 Å². The molecular formula is C11H19NO2. The molecule has 0 aromatic carbocycles. The summed E-state index contributed by atoms with van der Waals surface area (Å²) in [5.41, 5.74) is 0. The van der Waals surface area contributed by atoms with Gasteiger partial charge in [-0.3, -0.25) is 0 Å². The molecule has 0 radical (unpaired) electrons. The fourth-order valence-corrected chi connectivity index (χ4v) is 2.15. The standard InChI is InChI=1S/C11H19NO2/c1-2-12-11(9-5-3-7-13-9)10-6-4-8-14-10/h5,10-12H,2-4,6-8H2,1H3. The topological polar surface area (TPSA) is 30.5 Å². The molecule has 0 amide bonds. The van der Waals surface area contributed by atoms with Crippen LogP contribution in [0.4, 0.5) is 0 Å². The highest BCUT2D eigenvalue weighted by Gasteiger charge is 2.30. The largest absolute Gasteiger partial charge is 0.496 e. The monoisotopic (exact) mass is 197 g/mol. The summed E-state index contributed by atoms with van der Waals surface area (Å²) in [4.78, 5) is 0. The van der Waals surface area contributed by atoms with Crippen molar-refractivity contribution in [2.45, 2.75) is 38.3 Å². The summed E-state index contributed by atoms with van der Waals surface area (Å²) in [6.45, 7) is 4.83. The second-order valence-corrected chi connectivity index (χ2v) is 3.83. The Bertz CT molecular complexity index is 209. The first-order chi connectivity index (χ1) is 6.92. The molecular weight excluding hydrogens is 178 g/mol. The molecule has 1 fully saturated rings. The van der Waals surface area contributed by atoms with Crippen molar-refractivity contribution in [3.05, 3.63) is 11.8 Å². The summed E-state index contributed by atoms with van der Waals surface area (Å²) >= 11 is 0. The van der Waals surface area contributed by atoms with Crippen molar-refractivity contribution < 1.29 is 9.47 Å². The van der Waals surface area contributed by atoms with E-state index in [2.05, 4.69) is 18.3 Å². The Morgan fingerprint density at radius 1 is 1.57 bits per heavy atom. The predicted octanol–water partition coefficient (Wildman–Crippen LogP) is 1.45. The summed E-state index contributed by atoms with van der Waals surface area (Å²) in [7, 11) is 0. The molecule has 0 aromatic heterocycles. The van der Waals surface area contributed by atoms with Crippen LogP contribution < -0.4 is 5.32 Å². The maximum atomic E-state index is 5.70. The Labute approximate surface area is 85.5 Å². The molecule has 1 N–H and O–H groups in total. The highest BCUT2D eigenvalue weighted by molar-refractivity contribution is 5.10. The zero-order valence-corrected chi connectivity index (χ0v) is 8.79. The average Bonchev–Trinajstić information content (AvgIpc) is 2.87. The van der Waals surface area contributed by atoms with Crippen LogP contribution in [0.5, 0.6) is 0 Å². The third-order valence-electron chi connectivity index (χ3n) is 2.80. The van der Waals surface area contributed by atoms with Gasteiger partial charge in [-0.25, -0.2) is 0 Å². The van der Waals surface area contributed by atoms with Gasteiger partial charge in [0.25, 0.3) is 0 Å². The second kappa shape index (κ2) is 4.80. The van der Waals surface area contributed by atoms with Crippen LogP contribution in [-0.4, -0.2) is 31.9 Å². The Kier molecular flexibility index (Phi) is 3.43. The molecule has 2 rings (SSSR count). The molecule has 2 heterocycles. The lowest BCUT2D eigenvalue weighted by Crippen LogP contribution is -2.41. The highest BCUT2D eigenvalue weighted by atomic mass is 16.5. The molecule has 3 nitrogen and oxygen atoms in total. The van der Waals surface area contributed by atoms with Gasteiger partial charge in [0.2, 0.25) is 0 Å². The highest BCUT2D eigenvalue weighted by Crippen LogP contribution is 2.23. The molecule has 3 heteroatoms. The number of hydrogen-bond donors (Lipinski definition) is 1. The Morgan fingerprint density at radius 2 is 2.50 bits per heavy atom. The van der Waals surface area contributed by atoms with Crippen molar-refractivity contribution in [3.63, 3.8) is 0 Å². The number of hydrogen-bond acceptors (Lipinski definition) is 3. The van der Waals surface area contributed by atoms with Gasteiger partial charge in [-0.1, -0.05) is 6.92 Å². The molecule has 0 aliphatic carbocycles. The molecule has 0 spiro atoms. The first kappa shape index (κ1) is 9.99. The van der Waals surface area contributed by atoms with Gasteiger partial charge in [-0.15, -0.1) is 0 Å². The minimum Gasteiger partial charge on any atom is -0.496 e. The van der Waals surface area contributed by atoms with Crippen LogP contribution in [0.1, 0.15) is 26.2 Å². The Morgan fingerprint density at radius 3 is 3.07 bits per heavy atom. The van der Waals surface area contributed by atoms with Crippen molar-refractivity contribution in [1.82, 2.24) is 5.32 Å². The molecule has 2 aliphatic heterocycles. The van der Waals surface area contributed by atoms with Crippen molar-refractivity contribution in [2.75, 3.05) is 19.8 Å². The van der Waals surface area contributed by atoms with Crippen LogP contribution in [0, 0.1) is 0 Å². The average molecular weight is 197 g/mol. The molecule has 14 heavy (non-hydrogen) atoms. The minimum absolute atomic E-state index is 0.282. The van der Waals surface area contributed by atoms with Gasteiger partial charge in [-0.05, 0) is 25.5 Å². The van der Waals surface area contributed by atoms with Crippen molar-refractivity contribution >= 4 is 0 Å². The first-order valence-corrected chi connectivity index (χ1v) is 5.59. The van der Waals surface area contributed by atoms with E-state index in [0.29, 0.717) is 6.10 Å². The summed E-state index contributed by atoms with van der Waals surface area (Å²) in [6, 6.07) is 0.282. The summed E-state index contributed by atoms with van der Waals surface area (Å²) in [5, 5.41) is 3.45. The first-order valence-electron chi connectivity index (χ1n) is 5.59. The number of rotatable bonds is 4. The SMILES string of the molecule is CCNC(C1=CCCO1)C1CCCO1. The van der Waals surface area contributed by atoms with E-state index in [0.717, 1.165) is 38.4 Å². The number of likely N-dealkylation sites (N-methyl/N-ethyl adjacent to an activating group) is 1. The molecule has 2 unspecified atom stereocenters. The molecule has 2 atom stereocenters. The minimum atomic E-state index is 0.282. The van der Waals surface area contributed by atoms with E-state index in [9.17, 15) is 0 Å². The Hall–Kier alpha value is -0.540. The lowest BCUT2D eigenvalue weighted by Gasteiger charge is -2.24. The van der Waals surface area contributed by atoms with E-state index in [1.165, 1.54) is 6.42 Å². The lowest BCUT2D eigenvalue weighted by molar-refractivity contribution is 0.0683. The van der Waals surface area contributed by atoms with Crippen molar-refractivity contribution in [1.29, 1.82) is 0 Å². The summed E-state index contributed by atoms with van der Waals surface area (Å²) in [5.74, 6) is 1.10. The zero-order valence-electron chi connectivity index (χ0n) is 8.79. The fourth-order valence-electron chi connectivity index (χ4n) is 2.15. The smallest absolute Gasteiger partial charge is 0.112 e. The molecule has 2 aliphatic rings. The van der Waals surface area contributed by atoms with Crippen LogP contribution in [0.3, 0.4) is 0 Å². The molecule has 0 aromatic rings. The van der Waals surface area contributed by atoms with Gasteiger partial charge >= 0.3 is 0 Å². The van der Waals surface area contributed by atoms with Gasteiger partial charge in [0.1, 0.15) is 5.76 Å². The predicted molar refractivity (Wildman–Crippen MR) is 55.1 cm³/mol. The van der Waals surface area contributed by atoms with Gasteiger partial charge in [-0.2, -0.15) is 0 Å². The van der Waals surface area contributed by atoms with Gasteiger partial charge in [0, 0.05) is 13.0 Å². The molecule has 1 saturated heterocycles. The van der Waals surface area contributed by atoms with Crippen molar-refractivity contribution in [3.8, 4) is 0 Å². The fraction of sp³-hybridized carbons (Fsp3) is 0.818. The van der Waals surface area contributed by atoms with E-state index in [1.807, 2.05) is 0 Å². The van der Waals surface area contributed by atoms with Gasteiger partial charge in [0.05, 0.1) is 18.8 Å². The van der Waals surface area contributed by atoms with E-state index >= 15 is 0 Å². The van der Waals surface area contributed by atoms with E-state index in [4.69, 9.17) is 9.47 Å². The maximum Gasteiger partial charge on any atom is 0.112 e. The van der Waals surface area contributed by atoms with Crippen LogP contribution >= 0.6 is 0 Å². The van der Waals surface area contributed by atoms with Gasteiger partial charge < -0.3 is 14.8 Å². The molecule has 0 bridgehead atoms. The van der Waals surface area contributed by atoms with E-state index < -0.39 is 0 Å². The maximum absolute atomic E-state index is 5.70. The van der Waals surface area contributed by atoms with Crippen molar-refractivity contribution in [2.24, 2.45) is 0 Å². The van der Waals surface area contributed by atoms with Crippen LogP contribution in [0.15, 0.2) is 11.8 Å². The third-order valence-corrected chi connectivity index (χ3v) is 2.80. The lowest BCUT2D eigenvalue weighted by atomic mass is 10.1. The Balaban J connectivity index is 1.98. The quantitative estimate of drug-likeness (QED) is 0.740. The van der Waals surface area contributed by atoms with Crippen LogP contribution in [-0.2, 0) is 9.47 Å². The zero-order chi connectivity index (χ0) is 9.80. The normalized spacial score (nSPS) is 28.6. The number of nitrogens with one attached hydrogen (secondary N) is 1.